The van der Waals surface area contributed by atoms with E-state index in [0.29, 0.717) is 19.5 Å². The van der Waals surface area contributed by atoms with Gasteiger partial charge in [-0.2, -0.15) is 0 Å². The highest BCUT2D eigenvalue weighted by Gasteiger charge is 2.22. The summed E-state index contributed by atoms with van der Waals surface area (Å²) < 4.78 is 0. The topological polar surface area (TPSA) is 49.3 Å². The molecule has 1 aromatic heterocycles. The van der Waals surface area contributed by atoms with Gasteiger partial charge in [0.05, 0.1) is 12.1 Å². The van der Waals surface area contributed by atoms with Gasteiger partial charge in [0, 0.05) is 31.7 Å². The maximum absolute atomic E-state index is 12.7. The van der Waals surface area contributed by atoms with Crippen LogP contribution in [0.5, 0.6) is 0 Å². The molecule has 1 aliphatic heterocycles. The van der Waals surface area contributed by atoms with E-state index >= 15 is 0 Å². The van der Waals surface area contributed by atoms with Crippen LogP contribution in [0.15, 0.2) is 54.6 Å². The van der Waals surface area contributed by atoms with Crippen LogP contribution in [0.25, 0.3) is 11.3 Å². The van der Waals surface area contributed by atoms with Crippen LogP contribution in [0, 0.1) is 20.8 Å². The number of aromatic nitrogens is 2. The number of amides is 1. The molecule has 3 aromatic rings. The molecule has 0 bridgehead atoms. The maximum Gasteiger partial charge on any atom is 0.227 e. The first kappa shape index (κ1) is 20.1. The number of carbonyl (C=O) groups excluding carboxylic acids is 1. The molecule has 1 aliphatic rings. The number of anilines is 1. The molecule has 4 rings (SSSR count). The van der Waals surface area contributed by atoms with Gasteiger partial charge in [-0.1, -0.05) is 36.4 Å². The number of aryl methyl sites for hydroxylation is 3. The van der Waals surface area contributed by atoms with Crippen molar-refractivity contribution in [3.63, 3.8) is 0 Å². The average molecular weight is 401 g/mol. The normalized spacial score (nSPS) is 14.1. The van der Waals surface area contributed by atoms with E-state index in [4.69, 9.17) is 0 Å². The summed E-state index contributed by atoms with van der Waals surface area (Å²) in [6.07, 6.45) is 0.469. The average Bonchev–Trinajstić information content (AvgIpc) is 2.77. The van der Waals surface area contributed by atoms with Crippen molar-refractivity contribution in [2.45, 2.75) is 27.2 Å². The van der Waals surface area contributed by atoms with E-state index in [2.05, 4.69) is 60.1 Å². The van der Waals surface area contributed by atoms with Crippen molar-refractivity contribution in [1.82, 2.24) is 15.1 Å². The number of benzene rings is 2. The van der Waals surface area contributed by atoms with Crippen molar-refractivity contribution in [3.8, 4) is 11.3 Å². The lowest BCUT2D eigenvalue weighted by Gasteiger charge is -2.35. The van der Waals surface area contributed by atoms with Crippen LogP contribution in [-0.4, -0.2) is 47.2 Å². The predicted molar refractivity (Wildman–Crippen MR) is 121 cm³/mol. The molecule has 154 valence electrons. The largest absolute Gasteiger partial charge is 0.352 e. The lowest BCUT2D eigenvalue weighted by molar-refractivity contribution is -0.130. The highest BCUT2D eigenvalue weighted by molar-refractivity contribution is 5.79. The van der Waals surface area contributed by atoms with Gasteiger partial charge in [-0.25, -0.2) is 0 Å². The zero-order valence-electron chi connectivity index (χ0n) is 17.9. The zero-order chi connectivity index (χ0) is 21.1. The monoisotopic (exact) mass is 400 g/mol. The van der Waals surface area contributed by atoms with Crippen LogP contribution in [0.3, 0.4) is 0 Å². The second-order valence-corrected chi connectivity index (χ2v) is 8.05. The van der Waals surface area contributed by atoms with Gasteiger partial charge < -0.3 is 9.80 Å². The van der Waals surface area contributed by atoms with Gasteiger partial charge in [0.25, 0.3) is 0 Å². The molecule has 0 atom stereocenters. The van der Waals surface area contributed by atoms with Crippen LogP contribution in [0.4, 0.5) is 5.82 Å². The van der Waals surface area contributed by atoms with Gasteiger partial charge >= 0.3 is 0 Å². The Labute approximate surface area is 178 Å². The van der Waals surface area contributed by atoms with Crippen LogP contribution < -0.4 is 4.90 Å². The van der Waals surface area contributed by atoms with Crippen molar-refractivity contribution in [2.24, 2.45) is 0 Å². The van der Waals surface area contributed by atoms with Gasteiger partial charge in [-0.15, -0.1) is 10.2 Å². The zero-order valence-corrected chi connectivity index (χ0v) is 17.9. The minimum absolute atomic E-state index is 0.195. The fraction of sp³-hybridized carbons (Fsp3) is 0.320. The first-order valence-electron chi connectivity index (χ1n) is 10.5. The van der Waals surface area contributed by atoms with Crippen molar-refractivity contribution < 1.29 is 4.79 Å². The van der Waals surface area contributed by atoms with Crippen LogP contribution in [0.2, 0.25) is 0 Å². The number of piperazine rings is 1. The molecule has 0 saturated carbocycles. The molecule has 2 heterocycles. The molecule has 1 amide bonds. The molecular formula is C25H28N4O. The number of rotatable bonds is 4. The Kier molecular flexibility index (Phi) is 5.79. The van der Waals surface area contributed by atoms with E-state index in [0.717, 1.165) is 35.7 Å². The Balaban J connectivity index is 1.36. The number of nitrogens with zero attached hydrogens (tertiary/aromatic N) is 4. The van der Waals surface area contributed by atoms with E-state index in [1.807, 2.05) is 35.2 Å². The third-order valence-corrected chi connectivity index (χ3v) is 6.01. The van der Waals surface area contributed by atoms with Crippen molar-refractivity contribution >= 4 is 11.7 Å². The molecule has 2 aromatic carbocycles. The lowest BCUT2D eigenvalue weighted by Crippen LogP contribution is -2.49. The third kappa shape index (κ3) is 4.35. The second kappa shape index (κ2) is 8.66. The molecule has 5 nitrogen and oxygen atoms in total. The molecule has 0 spiro atoms. The van der Waals surface area contributed by atoms with E-state index < -0.39 is 0 Å². The summed E-state index contributed by atoms with van der Waals surface area (Å²) in [6, 6.07) is 18.5. The minimum atomic E-state index is 0.195. The second-order valence-electron chi connectivity index (χ2n) is 8.05. The molecule has 0 N–H and O–H groups in total. The first-order chi connectivity index (χ1) is 14.5. The highest BCUT2D eigenvalue weighted by Crippen LogP contribution is 2.22. The molecule has 1 fully saturated rings. The SMILES string of the molecule is Cc1ccc(-c2ccc(N3CCN(C(=O)Cc4ccccc4C)CC3)nn2)cc1C. The minimum Gasteiger partial charge on any atom is -0.352 e. The quantitative estimate of drug-likeness (QED) is 0.665. The number of hydrogen-bond acceptors (Lipinski definition) is 4. The van der Waals surface area contributed by atoms with Crippen molar-refractivity contribution in [3.05, 3.63) is 76.9 Å². The molecule has 0 aliphatic carbocycles. The Morgan fingerprint density at radius 2 is 1.60 bits per heavy atom. The van der Waals surface area contributed by atoms with Gasteiger partial charge in [0.2, 0.25) is 5.91 Å². The fourth-order valence-corrected chi connectivity index (χ4v) is 3.82. The van der Waals surface area contributed by atoms with Gasteiger partial charge in [-0.05, 0) is 61.2 Å². The van der Waals surface area contributed by atoms with Gasteiger partial charge in [-0.3, -0.25) is 4.79 Å². The maximum atomic E-state index is 12.7. The van der Waals surface area contributed by atoms with E-state index in [1.54, 1.807) is 0 Å². The molecule has 0 radical (unpaired) electrons. The molecule has 0 unspecified atom stereocenters. The predicted octanol–water partition coefficient (Wildman–Crippen LogP) is 3.96. The van der Waals surface area contributed by atoms with Crippen LogP contribution in [-0.2, 0) is 11.2 Å². The summed E-state index contributed by atoms with van der Waals surface area (Å²) in [5, 5.41) is 8.89. The Morgan fingerprint density at radius 1 is 0.833 bits per heavy atom. The Hall–Kier alpha value is -3.21. The lowest BCUT2D eigenvalue weighted by atomic mass is 10.0. The number of hydrogen-bond donors (Lipinski definition) is 0. The van der Waals surface area contributed by atoms with Crippen LogP contribution in [0.1, 0.15) is 22.3 Å². The van der Waals surface area contributed by atoms with E-state index in [1.165, 1.54) is 16.7 Å². The summed E-state index contributed by atoms with van der Waals surface area (Å²) in [4.78, 5) is 16.9. The molecular weight excluding hydrogens is 372 g/mol. The summed E-state index contributed by atoms with van der Waals surface area (Å²) in [5.41, 5.74) is 6.78. The van der Waals surface area contributed by atoms with E-state index in [-0.39, 0.29) is 5.91 Å². The van der Waals surface area contributed by atoms with Crippen molar-refractivity contribution in [2.75, 3.05) is 31.1 Å². The summed E-state index contributed by atoms with van der Waals surface area (Å²) in [5.74, 6) is 1.06. The summed E-state index contributed by atoms with van der Waals surface area (Å²) in [6.45, 7) is 9.26. The molecule has 5 heteroatoms. The third-order valence-electron chi connectivity index (χ3n) is 6.01. The van der Waals surface area contributed by atoms with Gasteiger partial charge in [0.15, 0.2) is 5.82 Å². The van der Waals surface area contributed by atoms with E-state index in [9.17, 15) is 4.79 Å². The summed E-state index contributed by atoms with van der Waals surface area (Å²) >= 11 is 0. The Morgan fingerprint density at radius 3 is 2.27 bits per heavy atom. The highest BCUT2D eigenvalue weighted by atomic mass is 16.2. The first-order valence-corrected chi connectivity index (χ1v) is 10.5. The summed E-state index contributed by atoms with van der Waals surface area (Å²) in [7, 11) is 0. The van der Waals surface area contributed by atoms with Crippen LogP contribution >= 0.6 is 0 Å². The van der Waals surface area contributed by atoms with Gasteiger partial charge in [0.1, 0.15) is 0 Å². The number of carbonyl (C=O) groups is 1. The smallest absolute Gasteiger partial charge is 0.227 e. The standard InChI is InChI=1S/C25H28N4O/c1-18-8-9-22(16-20(18)3)23-10-11-24(27-26-23)28-12-14-29(15-13-28)25(30)17-21-7-5-4-6-19(21)2/h4-11,16H,12-15,17H2,1-3H3. The fourth-order valence-electron chi connectivity index (χ4n) is 3.82. The Bertz CT molecular complexity index is 1040. The molecule has 1 saturated heterocycles. The molecule has 30 heavy (non-hydrogen) atoms. The van der Waals surface area contributed by atoms with Crippen molar-refractivity contribution in [1.29, 1.82) is 0 Å².